The maximum absolute atomic E-state index is 11.5. The zero-order chi connectivity index (χ0) is 12.5. The first-order valence-electron chi connectivity index (χ1n) is 5.84. The molecule has 4 nitrogen and oxygen atoms in total. The molecule has 2 heterocycles. The van der Waals surface area contributed by atoms with Crippen LogP contribution in [0.5, 0.6) is 0 Å². The fourth-order valence-electron chi connectivity index (χ4n) is 2.31. The number of nitrogens with one attached hydrogen (secondary N) is 1. The molecule has 0 aliphatic carbocycles. The highest BCUT2D eigenvalue weighted by Crippen LogP contribution is 2.23. The molecule has 1 fully saturated rings. The molecule has 0 spiro atoms. The fourth-order valence-corrected chi connectivity index (χ4v) is 4.78. The third-order valence-electron chi connectivity index (χ3n) is 3.12. The number of thiazole rings is 1. The quantitative estimate of drug-likeness (QED) is 0.911. The van der Waals surface area contributed by atoms with E-state index in [9.17, 15) is 8.42 Å². The van der Waals surface area contributed by atoms with Gasteiger partial charge >= 0.3 is 0 Å². The van der Waals surface area contributed by atoms with Crippen LogP contribution in [0.15, 0.2) is 5.51 Å². The van der Waals surface area contributed by atoms with Gasteiger partial charge in [-0.15, -0.1) is 11.3 Å². The van der Waals surface area contributed by atoms with Gasteiger partial charge in [-0.1, -0.05) is 0 Å². The van der Waals surface area contributed by atoms with E-state index in [0.29, 0.717) is 5.75 Å². The van der Waals surface area contributed by atoms with Crippen molar-refractivity contribution in [3.05, 3.63) is 16.1 Å². The zero-order valence-corrected chi connectivity index (χ0v) is 11.8. The molecular weight excluding hydrogens is 256 g/mol. The van der Waals surface area contributed by atoms with Crippen molar-refractivity contribution in [2.24, 2.45) is 0 Å². The Kier molecular flexibility index (Phi) is 3.85. The molecule has 6 heteroatoms. The van der Waals surface area contributed by atoms with Crippen molar-refractivity contribution in [1.29, 1.82) is 0 Å². The van der Waals surface area contributed by atoms with Crippen molar-refractivity contribution >= 4 is 21.2 Å². The van der Waals surface area contributed by atoms with Crippen LogP contribution in [0.25, 0.3) is 0 Å². The third kappa shape index (κ3) is 3.26. The van der Waals surface area contributed by atoms with E-state index < -0.39 is 9.84 Å². The van der Waals surface area contributed by atoms with Gasteiger partial charge in [0.2, 0.25) is 0 Å². The molecule has 0 saturated carbocycles. The number of nitrogens with zero attached hydrogens (tertiary/aromatic N) is 1. The summed E-state index contributed by atoms with van der Waals surface area (Å²) >= 11 is 1.62. The minimum Gasteiger partial charge on any atom is -0.306 e. The minimum atomic E-state index is -2.83. The number of rotatable bonds is 3. The van der Waals surface area contributed by atoms with Gasteiger partial charge in [-0.05, 0) is 26.7 Å². The summed E-state index contributed by atoms with van der Waals surface area (Å²) in [5.41, 5.74) is 2.87. The summed E-state index contributed by atoms with van der Waals surface area (Å²) in [6, 6.07) is 0.269. The predicted molar refractivity (Wildman–Crippen MR) is 70.1 cm³/mol. The monoisotopic (exact) mass is 274 g/mol. The third-order valence-corrected chi connectivity index (χ3v) is 6.06. The van der Waals surface area contributed by atoms with Crippen molar-refractivity contribution in [3.8, 4) is 0 Å². The van der Waals surface area contributed by atoms with E-state index in [1.807, 2.05) is 12.4 Å². The highest BCUT2D eigenvalue weighted by molar-refractivity contribution is 7.91. The topological polar surface area (TPSA) is 59.1 Å². The van der Waals surface area contributed by atoms with Crippen LogP contribution in [0, 0.1) is 6.92 Å². The van der Waals surface area contributed by atoms with Gasteiger partial charge in [0.25, 0.3) is 0 Å². The Bertz CT molecular complexity index is 481. The number of aryl methyl sites for hydroxylation is 1. The van der Waals surface area contributed by atoms with Gasteiger partial charge in [-0.3, -0.25) is 0 Å². The largest absolute Gasteiger partial charge is 0.306 e. The molecule has 96 valence electrons. The van der Waals surface area contributed by atoms with Crippen LogP contribution in [-0.4, -0.2) is 30.9 Å². The molecule has 1 aliphatic rings. The van der Waals surface area contributed by atoms with Gasteiger partial charge in [0.1, 0.15) is 0 Å². The molecule has 17 heavy (non-hydrogen) atoms. The van der Waals surface area contributed by atoms with Gasteiger partial charge in [-0.25, -0.2) is 13.4 Å². The van der Waals surface area contributed by atoms with Gasteiger partial charge in [0, 0.05) is 17.0 Å². The molecule has 1 aromatic rings. The summed E-state index contributed by atoms with van der Waals surface area (Å²) in [6.07, 6.45) is 1.72. The Labute approximate surface area is 106 Å². The molecular formula is C11H18N2O2S2. The van der Waals surface area contributed by atoms with Crippen LogP contribution in [-0.2, 0) is 9.84 Å². The molecule has 2 unspecified atom stereocenters. The van der Waals surface area contributed by atoms with Gasteiger partial charge in [-0.2, -0.15) is 0 Å². The SMILES string of the molecule is Cc1ncsc1C(C)NC1CCCS(=O)(=O)C1. The normalized spacial score (nSPS) is 25.6. The zero-order valence-electron chi connectivity index (χ0n) is 10.1. The smallest absolute Gasteiger partial charge is 0.151 e. The fraction of sp³-hybridized carbons (Fsp3) is 0.727. The standard InChI is InChI=1S/C11H18N2O2S2/c1-8-11(16-7-12-8)9(2)13-10-4-3-5-17(14,15)6-10/h7,9-10,13H,3-6H2,1-2H3. The van der Waals surface area contributed by atoms with E-state index in [0.717, 1.165) is 18.5 Å². The van der Waals surface area contributed by atoms with Crippen molar-refractivity contribution in [1.82, 2.24) is 10.3 Å². The lowest BCUT2D eigenvalue weighted by Gasteiger charge is -2.26. The second kappa shape index (κ2) is 5.04. The molecule has 1 aromatic heterocycles. The number of aromatic nitrogens is 1. The minimum absolute atomic E-state index is 0.0882. The van der Waals surface area contributed by atoms with Gasteiger partial charge in [0.15, 0.2) is 9.84 Å². The van der Waals surface area contributed by atoms with Crippen LogP contribution in [0.2, 0.25) is 0 Å². The van der Waals surface area contributed by atoms with E-state index >= 15 is 0 Å². The number of sulfone groups is 1. The van der Waals surface area contributed by atoms with Gasteiger partial charge < -0.3 is 5.32 Å². The van der Waals surface area contributed by atoms with E-state index in [4.69, 9.17) is 0 Å². The van der Waals surface area contributed by atoms with Crippen molar-refractivity contribution in [2.75, 3.05) is 11.5 Å². The summed E-state index contributed by atoms with van der Waals surface area (Å²) < 4.78 is 23.1. The van der Waals surface area contributed by atoms with Gasteiger partial charge in [0.05, 0.1) is 22.7 Å². The molecule has 0 aromatic carbocycles. The highest BCUT2D eigenvalue weighted by Gasteiger charge is 2.26. The van der Waals surface area contributed by atoms with Crippen molar-refractivity contribution in [3.63, 3.8) is 0 Å². The molecule has 2 atom stereocenters. The van der Waals surface area contributed by atoms with Crippen LogP contribution in [0.1, 0.15) is 36.4 Å². The van der Waals surface area contributed by atoms with Crippen LogP contribution in [0.4, 0.5) is 0 Å². The Balaban J connectivity index is 2.00. The van der Waals surface area contributed by atoms with E-state index in [1.165, 1.54) is 4.88 Å². The number of hydrogen-bond donors (Lipinski definition) is 1. The summed E-state index contributed by atoms with van der Waals surface area (Å²) in [5, 5.41) is 3.41. The first kappa shape index (κ1) is 13.0. The van der Waals surface area contributed by atoms with Crippen LogP contribution in [0.3, 0.4) is 0 Å². The molecule has 2 rings (SSSR count). The summed E-state index contributed by atoms with van der Waals surface area (Å²) in [4.78, 5) is 5.42. The molecule has 0 radical (unpaired) electrons. The summed E-state index contributed by atoms with van der Waals surface area (Å²) in [7, 11) is -2.83. The molecule has 1 aliphatic heterocycles. The Morgan fingerprint density at radius 3 is 2.94 bits per heavy atom. The Morgan fingerprint density at radius 2 is 2.35 bits per heavy atom. The van der Waals surface area contributed by atoms with E-state index in [-0.39, 0.29) is 17.8 Å². The number of hydrogen-bond acceptors (Lipinski definition) is 5. The van der Waals surface area contributed by atoms with Crippen LogP contribution < -0.4 is 5.32 Å². The molecule has 0 bridgehead atoms. The molecule has 0 amide bonds. The predicted octanol–water partition coefficient (Wildman–Crippen LogP) is 1.68. The second-order valence-electron chi connectivity index (χ2n) is 4.64. The summed E-state index contributed by atoms with van der Waals surface area (Å²) in [5.74, 6) is 0.619. The maximum atomic E-state index is 11.5. The van der Waals surface area contributed by atoms with Crippen molar-refractivity contribution < 1.29 is 8.42 Å². The maximum Gasteiger partial charge on any atom is 0.151 e. The second-order valence-corrected chi connectivity index (χ2v) is 7.76. The van der Waals surface area contributed by atoms with E-state index in [2.05, 4.69) is 17.2 Å². The lowest BCUT2D eigenvalue weighted by atomic mass is 10.1. The first-order valence-corrected chi connectivity index (χ1v) is 8.54. The molecule has 1 saturated heterocycles. The van der Waals surface area contributed by atoms with Crippen LogP contribution >= 0.6 is 11.3 Å². The van der Waals surface area contributed by atoms with Crippen molar-refractivity contribution in [2.45, 2.75) is 38.8 Å². The van der Waals surface area contributed by atoms with E-state index in [1.54, 1.807) is 11.3 Å². The lowest BCUT2D eigenvalue weighted by Crippen LogP contribution is -2.41. The lowest BCUT2D eigenvalue weighted by molar-refractivity contribution is 0.439. The first-order chi connectivity index (χ1) is 7.98. The average Bonchev–Trinajstić information content (AvgIpc) is 2.62. The highest BCUT2D eigenvalue weighted by atomic mass is 32.2. The summed E-state index contributed by atoms with van der Waals surface area (Å²) in [6.45, 7) is 4.06. The average molecular weight is 274 g/mol. The molecule has 1 N–H and O–H groups in total. The Morgan fingerprint density at radius 1 is 1.59 bits per heavy atom. The Hall–Kier alpha value is -0.460.